The Kier molecular flexibility index (Phi) is 4.03. The van der Waals surface area contributed by atoms with Crippen molar-refractivity contribution >= 4 is 10.9 Å². The van der Waals surface area contributed by atoms with Gasteiger partial charge in [0.1, 0.15) is 5.52 Å². The van der Waals surface area contributed by atoms with Gasteiger partial charge in [0, 0.05) is 11.9 Å². The lowest BCUT2D eigenvalue weighted by Crippen LogP contribution is -2.25. The first-order valence-electron chi connectivity index (χ1n) is 8.06. The van der Waals surface area contributed by atoms with Gasteiger partial charge in [-0.2, -0.15) is 10.2 Å². The number of hydrogen-bond acceptors (Lipinski definition) is 3. The fourth-order valence-electron chi connectivity index (χ4n) is 2.91. The number of nitrogens with zero attached hydrogens (tertiary/aromatic N) is 4. The molecule has 2 aromatic heterocycles. The highest BCUT2D eigenvalue weighted by atomic mass is 16.1. The van der Waals surface area contributed by atoms with Crippen molar-refractivity contribution in [3.05, 3.63) is 51.6 Å². The van der Waals surface area contributed by atoms with E-state index in [0.29, 0.717) is 12.1 Å². The van der Waals surface area contributed by atoms with Crippen molar-refractivity contribution in [3.63, 3.8) is 0 Å². The molecule has 0 aliphatic carbocycles. The van der Waals surface area contributed by atoms with E-state index in [9.17, 15) is 4.79 Å². The Labute approximate surface area is 135 Å². The Morgan fingerprint density at radius 2 is 1.96 bits per heavy atom. The molecule has 0 saturated heterocycles. The quantitative estimate of drug-likeness (QED) is 0.743. The Morgan fingerprint density at radius 1 is 1.17 bits per heavy atom. The molecule has 3 rings (SSSR count). The second-order valence-corrected chi connectivity index (χ2v) is 6.08. The van der Waals surface area contributed by atoms with Crippen LogP contribution in [0, 0.1) is 20.8 Å². The third-order valence-electron chi connectivity index (χ3n) is 4.17. The topological polar surface area (TPSA) is 52.7 Å². The monoisotopic (exact) mass is 310 g/mol. The van der Waals surface area contributed by atoms with E-state index < -0.39 is 0 Å². The Bertz CT molecular complexity index is 921. The Hall–Kier alpha value is -2.43. The highest BCUT2D eigenvalue weighted by molar-refractivity contribution is 5.81. The lowest BCUT2D eigenvalue weighted by Gasteiger charge is -2.10. The third-order valence-corrected chi connectivity index (χ3v) is 4.17. The highest BCUT2D eigenvalue weighted by Crippen LogP contribution is 2.20. The van der Waals surface area contributed by atoms with Crippen LogP contribution in [0.25, 0.3) is 16.6 Å². The maximum Gasteiger partial charge on any atom is 0.293 e. The molecule has 0 fully saturated rings. The van der Waals surface area contributed by atoms with Crippen LogP contribution in [-0.4, -0.2) is 19.6 Å². The van der Waals surface area contributed by atoms with E-state index in [1.807, 2.05) is 26.0 Å². The zero-order valence-electron chi connectivity index (χ0n) is 14.1. The highest BCUT2D eigenvalue weighted by Gasteiger charge is 2.15. The van der Waals surface area contributed by atoms with Crippen molar-refractivity contribution in [1.82, 2.24) is 19.6 Å². The molecule has 0 aliphatic heterocycles. The first-order valence-corrected chi connectivity index (χ1v) is 8.06. The second kappa shape index (κ2) is 5.99. The summed E-state index contributed by atoms with van der Waals surface area (Å²) in [6, 6.07) is 6.16. The fraction of sp³-hybridized carbons (Fsp3) is 0.389. The summed E-state index contributed by atoms with van der Waals surface area (Å²) in [7, 11) is 0. The van der Waals surface area contributed by atoms with Gasteiger partial charge in [-0.25, -0.2) is 9.36 Å². The lowest BCUT2D eigenvalue weighted by atomic mass is 10.1. The lowest BCUT2D eigenvalue weighted by molar-refractivity contribution is 0.541. The van der Waals surface area contributed by atoms with E-state index in [-0.39, 0.29) is 5.56 Å². The Morgan fingerprint density at radius 3 is 2.65 bits per heavy atom. The molecule has 120 valence electrons. The van der Waals surface area contributed by atoms with Gasteiger partial charge in [-0.05, 0) is 38.8 Å². The van der Waals surface area contributed by atoms with Gasteiger partial charge in [0.25, 0.3) is 5.56 Å². The zero-order chi connectivity index (χ0) is 16.6. The van der Waals surface area contributed by atoms with Crippen molar-refractivity contribution < 1.29 is 0 Å². The molecule has 0 aliphatic rings. The summed E-state index contributed by atoms with van der Waals surface area (Å²) < 4.78 is 3.33. The molecule has 5 nitrogen and oxygen atoms in total. The van der Waals surface area contributed by atoms with Crippen LogP contribution in [0.2, 0.25) is 0 Å². The van der Waals surface area contributed by atoms with E-state index in [0.717, 1.165) is 35.2 Å². The molecule has 23 heavy (non-hydrogen) atoms. The largest absolute Gasteiger partial charge is 0.293 e. The van der Waals surface area contributed by atoms with Gasteiger partial charge in [-0.1, -0.05) is 31.0 Å². The van der Waals surface area contributed by atoms with Crippen LogP contribution in [0.4, 0.5) is 0 Å². The summed E-state index contributed by atoms with van der Waals surface area (Å²) in [5.74, 6) is 0. The summed E-state index contributed by atoms with van der Waals surface area (Å²) >= 11 is 0. The van der Waals surface area contributed by atoms with Crippen LogP contribution in [0.3, 0.4) is 0 Å². The first kappa shape index (κ1) is 15.5. The van der Waals surface area contributed by atoms with E-state index >= 15 is 0 Å². The summed E-state index contributed by atoms with van der Waals surface area (Å²) in [6.07, 6.45) is 3.71. The zero-order valence-corrected chi connectivity index (χ0v) is 14.1. The predicted octanol–water partition coefficient (Wildman–Crippen LogP) is 3.31. The van der Waals surface area contributed by atoms with Crippen molar-refractivity contribution in [2.75, 3.05) is 0 Å². The van der Waals surface area contributed by atoms with Crippen LogP contribution in [-0.2, 0) is 6.54 Å². The van der Waals surface area contributed by atoms with Crippen molar-refractivity contribution in [3.8, 4) is 5.69 Å². The minimum atomic E-state index is -0.0727. The number of fused-ring (bicyclic) bond motifs is 1. The standard InChI is InChI=1S/C18H22N4O/c1-5-6-9-21-18(23)17-15(14(4)20-21)11-19-22(17)16-8-7-12(2)10-13(16)3/h7-8,10-11H,5-6,9H2,1-4H3. The summed E-state index contributed by atoms with van der Waals surface area (Å²) in [5, 5.41) is 9.72. The van der Waals surface area contributed by atoms with Gasteiger partial charge < -0.3 is 0 Å². The minimum absolute atomic E-state index is 0.0727. The molecule has 3 aromatic rings. The van der Waals surface area contributed by atoms with Gasteiger partial charge in [-0.15, -0.1) is 0 Å². The van der Waals surface area contributed by atoms with Gasteiger partial charge in [0.15, 0.2) is 0 Å². The van der Waals surface area contributed by atoms with E-state index in [4.69, 9.17) is 0 Å². The Balaban J connectivity index is 2.26. The first-order chi connectivity index (χ1) is 11.0. The van der Waals surface area contributed by atoms with Gasteiger partial charge in [-0.3, -0.25) is 4.79 Å². The molecule has 0 saturated carbocycles. The van der Waals surface area contributed by atoms with Gasteiger partial charge in [0.2, 0.25) is 0 Å². The third kappa shape index (κ3) is 2.67. The second-order valence-electron chi connectivity index (χ2n) is 6.08. The number of hydrogen-bond donors (Lipinski definition) is 0. The predicted molar refractivity (Wildman–Crippen MR) is 92.2 cm³/mol. The van der Waals surface area contributed by atoms with Crippen LogP contribution in [0.1, 0.15) is 36.6 Å². The number of aromatic nitrogens is 4. The van der Waals surface area contributed by atoms with Crippen molar-refractivity contribution in [2.24, 2.45) is 0 Å². The minimum Gasteiger partial charge on any atom is -0.265 e. The maximum atomic E-state index is 12.9. The number of rotatable bonds is 4. The average molecular weight is 310 g/mol. The number of aryl methyl sites for hydroxylation is 4. The summed E-state index contributed by atoms with van der Waals surface area (Å²) in [5.41, 5.74) is 4.61. The molecule has 0 radical (unpaired) electrons. The molecule has 0 atom stereocenters. The number of unbranched alkanes of at least 4 members (excludes halogenated alkanes) is 1. The molecule has 0 amide bonds. The maximum absolute atomic E-state index is 12.9. The smallest absolute Gasteiger partial charge is 0.265 e. The summed E-state index contributed by atoms with van der Waals surface area (Å²) in [4.78, 5) is 12.9. The fourth-order valence-corrected chi connectivity index (χ4v) is 2.91. The van der Waals surface area contributed by atoms with E-state index in [1.54, 1.807) is 15.6 Å². The van der Waals surface area contributed by atoms with Crippen LogP contribution in [0.15, 0.2) is 29.2 Å². The molecule has 0 unspecified atom stereocenters. The van der Waals surface area contributed by atoms with Crippen LogP contribution in [0.5, 0.6) is 0 Å². The van der Waals surface area contributed by atoms with E-state index in [1.165, 1.54) is 5.56 Å². The molecular weight excluding hydrogens is 288 g/mol. The van der Waals surface area contributed by atoms with Gasteiger partial charge in [0.05, 0.1) is 17.6 Å². The molecule has 0 spiro atoms. The van der Waals surface area contributed by atoms with E-state index in [2.05, 4.69) is 30.1 Å². The molecule has 0 bridgehead atoms. The number of benzene rings is 1. The van der Waals surface area contributed by atoms with Crippen molar-refractivity contribution in [1.29, 1.82) is 0 Å². The summed E-state index contributed by atoms with van der Waals surface area (Å²) in [6.45, 7) is 8.78. The molecule has 1 aromatic carbocycles. The molecule has 5 heteroatoms. The van der Waals surface area contributed by atoms with Crippen LogP contribution >= 0.6 is 0 Å². The molecular formula is C18H22N4O. The molecule has 0 N–H and O–H groups in total. The van der Waals surface area contributed by atoms with Crippen molar-refractivity contribution in [2.45, 2.75) is 47.1 Å². The van der Waals surface area contributed by atoms with Crippen LogP contribution < -0.4 is 5.56 Å². The molecule has 2 heterocycles. The SMILES string of the molecule is CCCCn1nc(C)c2cnn(-c3ccc(C)cc3C)c2c1=O. The normalized spacial score (nSPS) is 11.3. The van der Waals surface area contributed by atoms with Gasteiger partial charge >= 0.3 is 0 Å². The average Bonchev–Trinajstić information content (AvgIpc) is 2.95.